The average molecular weight is 339 g/mol. The third-order valence-corrected chi connectivity index (χ3v) is 4.22. The van der Waals surface area contributed by atoms with Crippen molar-refractivity contribution >= 4 is 11.9 Å². The molecule has 1 unspecified atom stereocenters. The van der Waals surface area contributed by atoms with E-state index in [9.17, 15) is 14.7 Å². The van der Waals surface area contributed by atoms with Crippen LogP contribution in [0.4, 0.5) is 0 Å². The summed E-state index contributed by atoms with van der Waals surface area (Å²) in [6.45, 7) is 3.59. The molecule has 6 nitrogen and oxygen atoms in total. The predicted octanol–water partition coefficient (Wildman–Crippen LogP) is 2.90. The van der Waals surface area contributed by atoms with E-state index in [1.165, 1.54) is 0 Å². The van der Waals surface area contributed by atoms with Gasteiger partial charge in [-0.05, 0) is 43.9 Å². The minimum Gasteiger partial charge on any atom is -0.480 e. The van der Waals surface area contributed by atoms with Crippen LogP contribution in [0, 0.1) is 0 Å². The third kappa shape index (κ3) is 3.96. The molecule has 1 amide bonds. The summed E-state index contributed by atoms with van der Waals surface area (Å²) in [6, 6.07) is 10.2. The Balaban J connectivity index is 1.88. The van der Waals surface area contributed by atoms with Gasteiger partial charge >= 0.3 is 5.97 Å². The van der Waals surface area contributed by atoms with Gasteiger partial charge in [0.2, 0.25) is 0 Å². The predicted molar refractivity (Wildman–Crippen MR) is 93.9 cm³/mol. The lowest BCUT2D eigenvalue weighted by Gasteiger charge is -2.14. The van der Waals surface area contributed by atoms with Crippen LogP contribution in [0.25, 0.3) is 5.69 Å². The number of amides is 1. The molecule has 2 N–H and O–H groups in total. The number of para-hydroxylation sites is 1. The van der Waals surface area contributed by atoms with Crippen molar-refractivity contribution in [3.8, 4) is 5.69 Å². The number of nitrogens with zero attached hydrogens (tertiary/aromatic N) is 2. The molecule has 0 aliphatic heterocycles. The molecule has 1 saturated carbocycles. The van der Waals surface area contributed by atoms with E-state index in [0.717, 1.165) is 24.2 Å². The van der Waals surface area contributed by atoms with Crippen LogP contribution in [0.15, 0.2) is 49.1 Å². The first-order valence-electron chi connectivity index (χ1n) is 8.40. The summed E-state index contributed by atoms with van der Waals surface area (Å²) >= 11 is 0. The van der Waals surface area contributed by atoms with Gasteiger partial charge in [0.25, 0.3) is 5.91 Å². The highest BCUT2D eigenvalue weighted by molar-refractivity contribution is 5.95. The third-order valence-electron chi connectivity index (χ3n) is 4.22. The Kier molecular flexibility index (Phi) is 4.97. The number of aromatic nitrogens is 2. The number of nitrogens with one attached hydrogen (secondary N) is 1. The smallest absolute Gasteiger partial charge is 0.326 e. The highest BCUT2D eigenvalue weighted by Gasteiger charge is 2.30. The molecule has 0 spiro atoms. The Labute approximate surface area is 146 Å². The molecule has 2 aromatic rings. The number of carbonyl (C=O) groups excluding carboxylic acids is 1. The quantitative estimate of drug-likeness (QED) is 0.724. The first-order chi connectivity index (χ1) is 12.1. The second kappa shape index (κ2) is 7.34. The van der Waals surface area contributed by atoms with Crippen LogP contribution in [-0.4, -0.2) is 32.8 Å². The van der Waals surface area contributed by atoms with E-state index in [1.807, 2.05) is 30.3 Å². The van der Waals surface area contributed by atoms with Gasteiger partial charge in [0.1, 0.15) is 11.7 Å². The summed E-state index contributed by atoms with van der Waals surface area (Å²) in [5.41, 5.74) is 2.02. The van der Waals surface area contributed by atoms with Crippen molar-refractivity contribution in [3.05, 3.63) is 60.4 Å². The highest BCUT2D eigenvalue weighted by Crippen LogP contribution is 2.39. The Morgan fingerprint density at radius 2 is 2.08 bits per heavy atom. The Bertz CT molecular complexity index is 778. The van der Waals surface area contributed by atoms with Crippen LogP contribution in [0.2, 0.25) is 0 Å². The summed E-state index contributed by atoms with van der Waals surface area (Å²) in [4.78, 5) is 24.1. The van der Waals surface area contributed by atoms with E-state index < -0.39 is 17.9 Å². The topological polar surface area (TPSA) is 84.2 Å². The van der Waals surface area contributed by atoms with Crippen molar-refractivity contribution in [2.45, 2.75) is 37.6 Å². The van der Waals surface area contributed by atoms with Crippen LogP contribution < -0.4 is 5.32 Å². The zero-order chi connectivity index (χ0) is 17.8. The maximum atomic E-state index is 12.7. The van der Waals surface area contributed by atoms with Crippen molar-refractivity contribution in [2.75, 3.05) is 0 Å². The molecule has 0 saturated heterocycles. The number of hydrogen-bond acceptors (Lipinski definition) is 3. The van der Waals surface area contributed by atoms with Gasteiger partial charge in [-0.2, -0.15) is 5.10 Å². The van der Waals surface area contributed by atoms with Crippen LogP contribution in [-0.2, 0) is 4.79 Å². The van der Waals surface area contributed by atoms with Crippen LogP contribution in [0.1, 0.15) is 47.8 Å². The standard InChI is InChI=1S/C19H21N3O3/c1-2-3-9-15(19(24)25)20-18(23)17-12-16(13-10-11-13)21-22(17)14-7-5-4-6-8-14/h2,4-8,12-13,15H,1,3,9-11H2,(H,20,23)(H,24,25). The largest absolute Gasteiger partial charge is 0.480 e. The number of rotatable bonds is 8. The molecule has 1 fully saturated rings. The summed E-state index contributed by atoms with van der Waals surface area (Å²) < 4.78 is 1.59. The van der Waals surface area contributed by atoms with Gasteiger partial charge in [-0.15, -0.1) is 6.58 Å². The lowest BCUT2D eigenvalue weighted by molar-refractivity contribution is -0.139. The Morgan fingerprint density at radius 3 is 2.68 bits per heavy atom. The number of hydrogen-bond donors (Lipinski definition) is 2. The van der Waals surface area contributed by atoms with Gasteiger partial charge in [0, 0.05) is 5.92 Å². The van der Waals surface area contributed by atoms with Crippen molar-refractivity contribution in [2.24, 2.45) is 0 Å². The van der Waals surface area contributed by atoms with Crippen LogP contribution in [0.5, 0.6) is 0 Å². The lowest BCUT2D eigenvalue weighted by Crippen LogP contribution is -2.41. The first-order valence-corrected chi connectivity index (χ1v) is 8.40. The molecule has 1 aromatic heterocycles. The van der Waals surface area contributed by atoms with E-state index in [4.69, 9.17) is 0 Å². The number of allylic oxidation sites excluding steroid dienone is 1. The summed E-state index contributed by atoms with van der Waals surface area (Å²) in [5, 5.41) is 16.5. The fourth-order valence-corrected chi connectivity index (χ4v) is 2.68. The van der Waals surface area contributed by atoms with Gasteiger partial charge < -0.3 is 10.4 Å². The van der Waals surface area contributed by atoms with E-state index in [0.29, 0.717) is 24.5 Å². The molecule has 1 aromatic carbocycles. The summed E-state index contributed by atoms with van der Waals surface area (Å²) in [5.74, 6) is -1.09. The first kappa shape index (κ1) is 17.0. The molecule has 0 radical (unpaired) electrons. The Hall–Kier alpha value is -2.89. The average Bonchev–Trinajstić information content (AvgIpc) is 3.37. The minimum absolute atomic E-state index is 0.305. The van der Waals surface area contributed by atoms with Gasteiger partial charge in [-0.25, -0.2) is 9.48 Å². The van der Waals surface area contributed by atoms with Gasteiger partial charge in [-0.3, -0.25) is 4.79 Å². The molecule has 0 bridgehead atoms. The summed E-state index contributed by atoms with van der Waals surface area (Å²) in [7, 11) is 0. The molecular formula is C19H21N3O3. The highest BCUT2D eigenvalue weighted by atomic mass is 16.4. The lowest BCUT2D eigenvalue weighted by atomic mass is 10.1. The molecule has 1 atom stereocenters. The Morgan fingerprint density at radius 1 is 1.36 bits per heavy atom. The number of carboxylic acids is 1. The zero-order valence-corrected chi connectivity index (χ0v) is 13.9. The molecule has 1 heterocycles. The number of carboxylic acid groups (broad SMARTS) is 1. The van der Waals surface area contributed by atoms with E-state index in [2.05, 4.69) is 17.0 Å². The molecule has 1 aliphatic rings. The monoisotopic (exact) mass is 339 g/mol. The molecule has 130 valence electrons. The maximum Gasteiger partial charge on any atom is 0.326 e. The van der Waals surface area contributed by atoms with E-state index >= 15 is 0 Å². The normalized spacial score (nSPS) is 14.7. The van der Waals surface area contributed by atoms with Gasteiger partial charge in [0.05, 0.1) is 11.4 Å². The van der Waals surface area contributed by atoms with E-state index in [1.54, 1.807) is 16.8 Å². The van der Waals surface area contributed by atoms with Crippen LogP contribution in [0.3, 0.4) is 0 Å². The fraction of sp³-hybridized carbons (Fsp3) is 0.316. The molecular weight excluding hydrogens is 318 g/mol. The van der Waals surface area contributed by atoms with Crippen LogP contribution >= 0.6 is 0 Å². The number of carbonyl (C=O) groups is 2. The van der Waals surface area contributed by atoms with Crippen molar-refractivity contribution in [3.63, 3.8) is 0 Å². The SMILES string of the molecule is C=CCCC(NC(=O)c1cc(C2CC2)nn1-c1ccccc1)C(=O)O. The second-order valence-electron chi connectivity index (χ2n) is 6.21. The van der Waals surface area contributed by atoms with E-state index in [-0.39, 0.29) is 0 Å². The molecule has 6 heteroatoms. The van der Waals surface area contributed by atoms with Crippen molar-refractivity contribution < 1.29 is 14.7 Å². The number of aliphatic carboxylic acids is 1. The molecule has 25 heavy (non-hydrogen) atoms. The van der Waals surface area contributed by atoms with Gasteiger partial charge in [0.15, 0.2) is 0 Å². The summed E-state index contributed by atoms with van der Waals surface area (Å²) in [6.07, 6.45) is 4.61. The molecule has 1 aliphatic carbocycles. The van der Waals surface area contributed by atoms with Crippen molar-refractivity contribution in [1.82, 2.24) is 15.1 Å². The maximum absolute atomic E-state index is 12.7. The van der Waals surface area contributed by atoms with Gasteiger partial charge in [-0.1, -0.05) is 24.3 Å². The zero-order valence-electron chi connectivity index (χ0n) is 13.9. The van der Waals surface area contributed by atoms with Crippen molar-refractivity contribution in [1.29, 1.82) is 0 Å². The fourth-order valence-electron chi connectivity index (χ4n) is 2.68. The molecule has 3 rings (SSSR count). The second-order valence-corrected chi connectivity index (χ2v) is 6.21. The minimum atomic E-state index is -1.05. The number of benzene rings is 1.